The summed E-state index contributed by atoms with van der Waals surface area (Å²) in [4.78, 5) is 14.4. The van der Waals surface area contributed by atoms with Crippen LogP contribution in [0.2, 0.25) is 0 Å². The topological polar surface area (TPSA) is 32.3 Å². The molecule has 1 unspecified atom stereocenters. The van der Waals surface area contributed by atoms with Gasteiger partial charge in [0.15, 0.2) is 0 Å². The monoisotopic (exact) mass is 294 g/mol. The second-order valence-electron chi connectivity index (χ2n) is 4.71. The molecule has 1 amide bonds. The molecule has 3 nitrogen and oxygen atoms in total. The van der Waals surface area contributed by atoms with Crippen molar-refractivity contribution in [3.8, 4) is 0 Å². The van der Waals surface area contributed by atoms with E-state index in [2.05, 4.69) is 32.2 Å². The van der Waals surface area contributed by atoms with Crippen LogP contribution < -0.4 is 10.2 Å². The van der Waals surface area contributed by atoms with Gasteiger partial charge in [-0.3, -0.25) is 4.79 Å². The third-order valence-corrected chi connectivity index (χ3v) is 4.07. The highest BCUT2D eigenvalue weighted by atomic mass is 79.9. The van der Waals surface area contributed by atoms with Crippen LogP contribution in [0, 0.1) is 0 Å². The molecule has 90 valence electrons. The smallest absolute Gasteiger partial charge is 0.247 e. The molecular formula is C13H15BrN2O. The Labute approximate surface area is 109 Å². The van der Waals surface area contributed by atoms with Crippen LogP contribution in [0.5, 0.6) is 0 Å². The van der Waals surface area contributed by atoms with E-state index in [0.29, 0.717) is 0 Å². The molecule has 17 heavy (non-hydrogen) atoms. The van der Waals surface area contributed by atoms with Crippen molar-refractivity contribution in [2.45, 2.75) is 31.7 Å². The van der Waals surface area contributed by atoms with Gasteiger partial charge < -0.3 is 10.2 Å². The van der Waals surface area contributed by atoms with Crippen LogP contribution in [-0.4, -0.2) is 18.5 Å². The average Bonchev–Trinajstić information content (AvgIpc) is 2.54. The third kappa shape index (κ3) is 1.95. The van der Waals surface area contributed by atoms with Gasteiger partial charge in [-0.05, 0) is 31.0 Å². The molecule has 1 N–H and O–H groups in total. The highest BCUT2D eigenvalue weighted by Crippen LogP contribution is 2.36. The number of rotatable bonds is 0. The van der Waals surface area contributed by atoms with E-state index in [9.17, 15) is 4.79 Å². The van der Waals surface area contributed by atoms with E-state index in [0.717, 1.165) is 29.5 Å². The lowest BCUT2D eigenvalue weighted by atomic mass is 10.0. The summed E-state index contributed by atoms with van der Waals surface area (Å²) in [6.45, 7) is 0.993. The fraction of sp³-hybridized carbons (Fsp3) is 0.462. The molecule has 4 heteroatoms. The van der Waals surface area contributed by atoms with E-state index < -0.39 is 0 Å². The molecule has 0 aliphatic carbocycles. The highest BCUT2D eigenvalue weighted by Gasteiger charge is 2.33. The van der Waals surface area contributed by atoms with Crippen molar-refractivity contribution < 1.29 is 4.79 Å². The number of anilines is 2. The number of nitrogens with zero attached hydrogens (tertiary/aromatic N) is 1. The Balaban J connectivity index is 2.04. The summed E-state index contributed by atoms with van der Waals surface area (Å²) in [5.41, 5.74) is 2.10. The van der Waals surface area contributed by atoms with E-state index in [-0.39, 0.29) is 11.9 Å². The van der Waals surface area contributed by atoms with Crippen LogP contribution in [0.25, 0.3) is 0 Å². The number of carbonyl (C=O) groups is 1. The fourth-order valence-corrected chi connectivity index (χ4v) is 3.11. The number of hydrogen-bond donors (Lipinski definition) is 1. The van der Waals surface area contributed by atoms with Gasteiger partial charge in [-0.2, -0.15) is 0 Å². The molecule has 0 saturated carbocycles. The Morgan fingerprint density at radius 2 is 2.18 bits per heavy atom. The van der Waals surface area contributed by atoms with E-state index in [1.165, 1.54) is 18.5 Å². The maximum absolute atomic E-state index is 12.1. The second-order valence-corrected chi connectivity index (χ2v) is 5.62. The minimum absolute atomic E-state index is 0.0335. The van der Waals surface area contributed by atoms with Gasteiger partial charge in [0.2, 0.25) is 5.91 Å². The lowest BCUT2D eigenvalue weighted by molar-refractivity contribution is -0.117. The molecule has 1 aromatic rings. The van der Waals surface area contributed by atoms with Gasteiger partial charge >= 0.3 is 0 Å². The number of fused-ring (bicyclic) bond motifs is 3. The van der Waals surface area contributed by atoms with Crippen LogP contribution >= 0.6 is 15.9 Å². The molecular weight excluding hydrogens is 280 g/mol. The summed E-state index contributed by atoms with van der Waals surface area (Å²) in [7, 11) is 0. The number of hydrogen-bond acceptors (Lipinski definition) is 2. The number of amides is 1. The number of nitrogens with one attached hydrogen (secondary N) is 1. The predicted molar refractivity (Wildman–Crippen MR) is 72.4 cm³/mol. The Morgan fingerprint density at radius 1 is 1.29 bits per heavy atom. The standard InChI is InChI=1S/C13H15BrN2O/c14-9-5-6-11-10(8-9)15-13(17)12-4-2-1-3-7-16(11)12/h5-6,8,12H,1-4,7H2,(H,15,17). The average molecular weight is 295 g/mol. The van der Waals surface area contributed by atoms with Crippen molar-refractivity contribution in [1.82, 2.24) is 0 Å². The van der Waals surface area contributed by atoms with Crippen molar-refractivity contribution in [1.29, 1.82) is 0 Å². The van der Waals surface area contributed by atoms with Gasteiger partial charge in [0.1, 0.15) is 6.04 Å². The Kier molecular flexibility index (Phi) is 2.82. The normalized spacial score (nSPS) is 23.5. The van der Waals surface area contributed by atoms with Crippen LogP contribution in [0.3, 0.4) is 0 Å². The van der Waals surface area contributed by atoms with E-state index >= 15 is 0 Å². The zero-order valence-electron chi connectivity index (χ0n) is 9.58. The van der Waals surface area contributed by atoms with Crippen LogP contribution in [0.4, 0.5) is 11.4 Å². The van der Waals surface area contributed by atoms with E-state index in [1.807, 2.05) is 12.1 Å². The van der Waals surface area contributed by atoms with Crippen LogP contribution in [0.15, 0.2) is 22.7 Å². The Morgan fingerprint density at radius 3 is 3.06 bits per heavy atom. The largest absolute Gasteiger partial charge is 0.358 e. The number of benzene rings is 1. The van der Waals surface area contributed by atoms with Gasteiger partial charge in [-0.15, -0.1) is 0 Å². The lowest BCUT2D eigenvalue weighted by Gasteiger charge is -2.37. The highest BCUT2D eigenvalue weighted by molar-refractivity contribution is 9.10. The molecule has 2 aliphatic heterocycles. The summed E-state index contributed by atoms with van der Waals surface area (Å²) in [6, 6.07) is 6.15. The van der Waals surface area contributed by atoms with Crippen LogP contribution in [0.1, 0.15) is 25.7 Å². The number of carbonyl (C=O) groups excluding carboxylic acids is 1. The molecule has 2 aliphatic rings. The van der Waals surface area contributed by atoms with Gasteiger partial charge in [0.05, 0.1) is 11.4 Å². The van der Waals surface area contributed by atoms with Gasteiger partial charge in [-0.25, -0.2) is 0 Å². The first-order valence-corrected chi connectivity index (χ1v) is 6.92. The first kappa shape index (κ1) is 11.1. The predicted octanol–water partition coefficient (Wildman–Crippen LogP) is 3.15. The molecule has 1 atom stereocenters. The first-order chi connectivity index (χ1) is 8.25. The maximum Gasteiger partial charge on any atom is 0.247 e. The first-order valence-electron chi connectivity index (χ1n) is 6.13. The molecule has 0 spiro atoms. The quantitative estimate of drug-likeness (QED) is 0.797. The van der Waals surface area contributed by atoms with Crippen molar-refractivity contribution >= 4 is 33.2 Å². The molecule has 1 fully saturated rings. The van der Waals surface area contributed by atoms with Crippen molar-refractivity contribution in [3.63, 3.8) is 0 Å². The molecule has 0 bridgehead atoms. The maximum atomic E-state index is 12.1. The zero-order valence-corrected chi connectivity index (χ0v) is 11.2. The second kappa shape index (κ2) is 4.33. The summed E-state index contributed by atoms with van der Waals surface area (Å²) >= 11 is 3.44. The zero-order chi connectivity index (χ0) is 11.8. The molecule has 0 radical (unpaired) electrons. The van der Waals surface area contributed by atoms with Crippen LogP contribution in [-0.2, 0) is 4.79 Å². The van der Waals surface area contributed by atoms with Gasteiger partial charge in [0, 0.05) is 11.0 Å². The van der Waals surface area contributed by atoms with Crippen molar-refractivity contribution in [2.24, 2.45) is 0 Å². The number of halogens is 1. The van der Waals surface area contributed by atoms with Crippen molar-refractivity contribution in [2.75, 3.05) is 16.8 Å². The molecule has 1 aromatic carbocycles. The Hall–Kier alpha value is -1.03. The molecule has 2 heterocycles. The SMILES string of the molecule is O=C1Nc2cc(Br)ccc2N2CCCCCC12. The molecule has 3 rings (SSSR count). The van der Waals surface area contributed by atoms with E-state index in [4.69, 9.17) is 0 Å². The van der Waals surface area contributed by atoms with Crippen molar-refractivity contribution in [3.05, 3.63) is 22.7 Å². The fourth-order valence-electron chi connectivity index (χ4n) is 2.74. The van der Waals surface area contributed by atoms with Gasteiger partial charge in [0.25, 0.3) is 0 Å². The molecule has 1 saturated heterocycles. The summed E-state index contributed by atoms with van der Waals surface area (Å²) in [6.07, 6.45) is 4.53. The van der Waals surface area contributed by atoms with E-state index in [1.54, 1.807) is 0 Å². The lowest BCUT2D eigenvalue weighted by Crippen LogP contribution is -2.47. The summed E-state index contributed by atoms with van der Waals surface area (Å²) in [5.74, 6) is 0.150. The minimum atomic E-state index is 0.0335. The minimum Gasteiger partial charge on any atom is -0.358 e. The third-order valence-electron chi connectivity index (χ3n) is 3.58. The summed E-state index contributed by atoms with van der Waals surface area (Å²) < 4.78 is 1.00. The van der Waals surface area contributed by atoms with Gasteiger partial charge in [-0.1, -0.05) is 28.8 Å². The summed E-state index contributed by atoms with van der Waals surface area (Å²) in [5, 5.41) is 3.02. The molecule has 0 aromatic heterocycles. The Bertz CT molecular complexity index is 461.